The number of hydrogen-bond acceptors (Lipinski definition) is 6. The van der Waals surface area contributed by atoms with Gasteiger partial charge in [-0.25, -0.2) is 4.98 Å². The third-order valence-electron chi connectivity index (χ3n) is 3.74. The van der Waals surface area contributed by atoms with Gasteiger partial charge in [0.25, 0.3) is 0 Å². The molecule has 0 amide bonds. The molecule has 0 bridgehead atoms. The molecular weight excluding hydrogens is 322 g/mol. The van der Waals surface area contributed by atoms with Crippen LogP contribution in [0.15, 0.2) is 42.5 Å². The monoisotopic (exact) mass is 333 g/mol. The van der Waals surface area contributed by atoms with E-state index >= 15 is 0 Å². The van der Waals surface area contributed by atoms with Gasteiger partial charge < -0.3 is 0 Å². The highest BCUT2D eigenvalue weighted by Gasteiger charge is 2.16. The van der Waals surface area contributed by atoms with E-state index < -0.39 is 0 Å². The summed E-state index contributed by atoms with van der Waals surface area (Å²) in [5.74, 6) is 0.623. The summed E-state index contributed by atoms with van der Waals surface area (Å²) in [5, 5.41) is 22.1. The molecule has 116 valence electrons. The molecule has 4 aromatic heterocycles. The van der Waals surface area contributed by atoms with Gasteiger partial charge in [-0.2, -0.15) is 14.7 Å². The van der Waals surface area contributed by atoms with Crippen molar-refractivity contribution < 1.29 is 0 Å². The topological polar surface area (TPSA) is 84.7 Å². The van der Waals surface area contributed by atoms with Crippen LogP contribution >= 0.6 is 11.3 Å². The van der Waals surface area contributed by atoms with Gasteiger partial charge >= 0.3 is 0 Å². The van der Waals surface area contributed by atoms with Gasteiger partial charge in [-0.1, -0.05) is 35.6 Å². The van der Waals surface area contributed by atoms with E-state index in [2.05, 4.69) is 31.6 Å². The van der Waals surface area contributed by atoms with Gasteiger partial charge in [0, 0.05) is 11.1 Å². The number of fused-ring (bicyclic) bond motifs is 2. The Morgan fingerprint density at radius 3 is 2.83 bits per heavy atom. The lowest BCUT2D eigenvalue weighted by Gasteiger charge is -1.99. The lowest BCUT2D eigenvalue weighted by atomic mass is 10.2. The predicted molar refractivity (Wildman–Crippen MR) is 91.7 cm³/mol. The average molecular weight is 333 g/mol. The van der Waals surface area contributed by atoms with E-state index in [1.165, 1.54) is 11.3 Å². The predicted octanol–water partition coefficient (Wildman–Crippen LogP) is 3.10. The summed E-state index contributed by atoms with van der Waals surface area (Å²) in [7, 11) is 0. The highest BCUT2D eigenvalue weighted by Crippen LogP contribution is 2.27. The van der Waals surface area contributed by atoms with E-state index in [-0.39, 0.29) is 0 Å². The highest BCUT2D eigenvalue weighted by molar-refractivity contribution is 7.19. The number of aryl methyl sites for hydroxylation is 1. The number of pyridine rings is 1. The molecule has 0 unspecified atom stereocenters. The number of rotatable bonds is 2. The lowest BCUT2D eigenvalue weighted by molar-refractivity contribution is 0.950. The first-order valence-corrected chi connectivity index (χ1v) is 8.20. The Balaban J connectivity index is 1.65. The number of nitrogens with zero attached hydrogens (tertiary/aromatic N) is 6. The zero-order valence-electron chi connectivity index (χ0n) is 12.6. The summed E-state index contributed by atoms with van der Waals surface area (Å²) in [4.78, 5) is 5.41. The molecule has 0 radical (unpaired) electrons. The summed E-state index contributed by atoms with van der Waals surface area (Å²) >= 11 is 1.46. The molecule has 0 aliphatic heterocycles. The molecule has 4 heterocycles. The number of benzene rings is 1. The number of H-pyrrole nitrogens is 1. The second kappa shape index (κ2) is 4.93. The third-order valence-corrected chi connectivity index (χ3v) is 4.66. The van der Waals surface area contributed by atoms with Crippen molar-refractivity contribution in [1.29, 1.82) is 0 Å². The summed E-state index contributed by atoms with van der Waals surface area (Å²) < 4.78 is 1.71. The van der Waals surface area contributed by atoms with Crippen molar-refractivity contribution in [3.63, 3.8) is 0 Å². The second-order valence-corrected chi connectivity index (χ2v) is 6.41. The van der Waals surface area contributed by atoms with Crippen LogP contribution in [0.1, 0.15) is 5.69 Å². The van der Waals surface area contributed by atoms with Crippen LogP contribution in [0.4, 0.5) is 0 Å². The van der Waals surface area contributed by atoms with Crippen molar-refractivity contribution in [3.8, 4) is 22.2 Å². The molecule has 0 saturated heterocycles. The maximum atomic E-state index is 4.69. The number of hydrogen-bond donors (Lipinski definition) is 1. The molecule has 1 N–H and O–H groups in total. The Kier molecular flexibility index (Phi) is 2.74. The Morgan fingerprint density at radius 1 is 1.04 bits per heavy atom. The van der Waals surface area contributed by atoms with Crippen LogP contribution in [0.2, 0.25) is 0 Å². The molecule has 0 aliphatic carbocycles. The largest absolute Gasteiger partial charge is 0.282 e. The van der Waals surface area contributed by atoms with Crippen molar-refractivity contribution in [2.24, 2.45) is 0 Å². The molecule has 24 heavy (non-hydrogen) atoms. The van der Waals surface area contributed by atoms with Crippen LogP contribution in [0.25, 0.3) is 38.1 Å². The van der Waals surface area contributed by atoms with Crippen LogP contribution in [-0.2, 0) is 0 Å². The third kappa shape index (κ3) is 2.00. The fourth-order valence-corrected chi connectivity index (χ4v) is 3.41. The van der Waals surface area contributed by atoms with E-state index in [0.717, 1.165) is 38.0 Å². The molecule has 8 heteroatoms. The van der Waals surface area contributed by atoms with Crippen molar-refractivity contribution in [1.82, 2.24) is 35.0 Å². The highest BCUT2D eigenvalue weighted by atomic mass is 32.1. The van der Waals surface area contributed by atoms with Gasteiger partial charge in [0.15, 0.2) is 5.01 Å². The Labute approximate surface area is 140 Å². The van der Waals surface area contributed by atoms with E-state index in [4.69, 9.17) is 4.98 Å². The second-order valence-electron chi connectivity index (χ2n) is 5.45. The standard InChI is InChI=1S/C16H11N7S/c1-9-8-13(19-18-9)14-20-21-16-23(14)22-15(24-16)12-7-6-10-4-2-3-5-11(10)17-12/h2-8H,1H3,(H,18,19). The Hall–Kier alpha value is -3.13. The van der Waals surface area contributed by atoms with Crippen molar-refractivity contribution >= 4 is 27.2 Å². The molecule has 0 aliphatic rings. The van der Waals surface area contributed by atoms with E-state index in [0.29, 0.717) is 5.82 Å². The van der Waals surface area contributed by atoms with Gasteiger partial charge in [0.1, 0.15) is 11.4 Å². The molecule has 0 saturated carbocycles. The minimum Gasteiger partial charge on any atom is -0.282 e. The Morgan fingerprint density at radius 2 is 1.96 bits per heavy atom. The number of aromatic nitrogens is 7. The first-order valence-electron chi connectivity index (χ1n) is 7.39. The number of aromatic amines is 1. The van der Waals surface area contributed by atoms with E-state index in [1.54, 1.807) is 4.52 Å². The Bertz CT molecular complexity index is 1180. The zero-order valence-corrected chi connectivity index (χ0v) is 13.4. The summed E-state index contributed by atoms with van der Waals surface area (Å²) in [5.41, 5.74) is 3.47. The van der Waals surface area contributed by atoms with Crippen LogP contribution in [0, 0.1) is 6.92 Å². The maximum Gasteiger partial charge on any atom is 0.235 e. The van der Waals surface area contributed by atoms with E-state index in [9.17, 15) is 0 Å². The summed E-state index contributed by atoms with van der Waals surface area (Å²) in [6.45, 7) is 1.94. The SMILES string of the molecule is Cc1cc(-c2nnc3sc(-c4ccc5ccccc5n4)nn23)n[nH]1. The number of para-hydroxylation sites is 1. The summed E-state index contributed by atoms with van der Waals surface area (Å²) in [6, 6.07) is 14.0. The van der Waals surface area contributed by atoms with Crippen LogP contribution in [0.5, 0.6) is 0 Å². The lowest BCUT2D eigenvalue weighted by Crippen LogP contribution is -1.92. The average Bonchev–Trinajstić information content (AvgIpc) is 3.29. The molecule has 0 fully saturated rings. The minimum atomic E-state index is 0.623. The molecular formula is C16H11N7S. The van der Waals surface area contributed by atoms with Gasteiger partial charge in [0.05, 0.1) is 5.52 Å². The molecule has 5 aromatic rings. The number of nitrogens with one attached hydrogen (secondary N) is 1. The molecule has 0 atom stereocenters. The van der Waals surface area contributed by atoms with Crippen LogP contribution in [-0.4, -0.2) is 35.0 Å². The molecule has 0 spiro atoms. The fourth-order valence-electron chi connectivity index (χ4n) is 2.60. The normalized spacial score (nSPS) is 11.5. The van der Waals surface area contributed by atoms with Crippen molar-refractivity contribution in [2.75, 3.05) is 0 Å². The van der Waals surface area contributed by atoms with Gasteiger partial charge in [0.2, 0.25) is 10.8 Å². The van der Waals surface area contributed by atoms with Crippen molar-refractivity contribution in [2.45, 2.75) is 6.92 Å². The molecule has 5 rings (SSSR count). The quantitative estimate of drug-likeness (QED) is 0.536. The first-order chi connectivity index (χ1) is 11.8. The first kappa shape index (κ1) is 13.3. The van der Waals surface area contributed by atoms with Gasteiger partial charge in [-0.05, 0) is 25.1 Å². The summed E-state index contributed by atoms with van der Waals surface area (Å²) in [6.07, 6.45) is 0. The van der Waals surface area contributed by atoms with E-state index in [1.807, 2.05) is 43.3 Å². The van der Waals surface area contributed by atoms with Crippen LogP contribution in [0.3, 0.4) is 0 Å². The van der Waals surface area contributed by atoms with Gasteiger partial charge in [-0.3, -0.25) is 5.10 Å². The van der Waals surface area contributed by atoms with Crippen molar-refractivity contribution in [3.05, 3.63) is 48.2 Å². The zero-order chi connectivity index (χ0) is 16.1. The van der Waals surface area contributed by atoms with Crippen LogP contribution < -0.4 is 0 Å². The molecule has 1 aromatic carbocycles. The molecule has 7 nitrogen and oxygen atoms in total. The smallest absolute Gasteiger partial charge is 0.235 e. The fraction of sp³-hybridized carbons (Fsp3) is 0.0625. The maximum absolute atomic E-state index is 4.69. The van der Waals surface area contributed by atoms with Gasteiger partial charge in [-0.15, -0.1) is 10.2 Å². The minimum absolute atomic E-state index is 0.623.